The lowest BCUT2D eigenvalue weighted by Gasteiger charge is -2.20. The summed E-state index contributed by atoms with van der Waals surface area (Å²) in [4.78, 5) is 28.3. The molecule has 0 spiro atoms. The number of aliphatic hydroxyl groups is 1. The Hall–Kier alpha value is -1.72. The molecule has 126 valence electrons. The van der Waals surface area contributed by atoms with Crippen molar-refractivity contribution in [3.05, 3.63) is 35.9 Å². The number of benzene rings is 1. The Balaban J connectivity index is 1.85. The largest absolute Gasteiger partial charge is 0.396 e. The van der Waals surface area contributed by atoms with Gasteiger partial charge in [0.2, 0.25) is 5.91 Å². The average Bonchev–Trinajstić information content (AvgIpc) is 2.95. The summed E-state index contributed by atoms with van der Waals surface area (Å²) in [6, 6.07) is 9.07. The zero-order valence-electron chi connectivity index (χ0n) is 13.9. The fourth-order valence-corrected chi connectivity index (χ4v) is 3.17. The molecular formula is C18H26N2O3. The van der Waals surface area contributed by atoms with Gasteiger partial charge in [0.1, 0.15) is 0 Å². The van der Waals surface area contributed by atoms with Crippen LogP contribution in [0.15, 0.2) is 30.3 Å². The van der Waals surface area contributed by atoms with Gasteiger partial charge in [-0.15, -0.1) is 0 Å². The predicted octanol–water partition coefficient (Wildman–Crippen LogP) is 1.28. The molecule has 1 aliphatic rings. The lowest BCUT2D eigenvalue weighted by Crippen LogP contribution is -2.31. The molecule has 1 fully saturated rings. The molecule has 2 atom stereocenters. The number of carbonyl (C=O) groups excluding carboxylic acids is 2. The first-order valence-electron chi connectivity index (χ1n) is 8.13. The quantitative estimate of drug-likeness (QED) is 0.769. The van der Waals surface area contributed by atoms with Gasteiger partial charge in [0.25, 0.3) is 0 Å². The van der Waals surface area contributed by atoms with Crippen LogP contribution in [0.1, 0.15) is 23.2 Å². The highest BCUT2D eigenvalue weighted by Gasteiger charge is 2.34. The van der Waals surface area contributed by atoms with E-state index in [1.54, 1.807) is 17.0 Å². The molecule has 1 N–H and O–H groups in total. The number of likely N-dealkylation sites (tertiary alicyclic amines) is 1. The maximum Gasteiger partial charge on any atom is 0.223 e. The van der Waals surface area contributed by atoms with Gasteiger partial charge in [0.15, 0.2) is 5.78 Å². The van der Waals surface area contributed by atoms with Gasteiger partial charge in [-0.05, 0) is 20.0 Å². The number of amides is 1. The van der Waals surface area contributed by atoms with Crippen LogP contribution in [-0.4, -0.2) is 66.9 Å². The summed E-state index contributed by atoms with van der Waals surface area (Å²) in [5.41, 5.74) is 0.653. The topological polar surface area (TPSA) is 60.9 Å². The third-order valence-electron chi connectivity index (χ3n) is 4.43. The van der Waals surface area contributed by atoms with Crippen LogP contribution in [0.2, 0.25) is 0 Å². The van der Waals surface area contributed by atoms with Crippen LogP contribution in [0.3, 0.4) is 0 Å². The van der Waals surface area contributed by atoms with E-state index in [1.807, 2.05) is 32.3 Å². The Labute approximate surface area is 137 Å². The van der Waals surface area contributed by atoms with E-state index in [2.05, 4.69) is 4.90 Å². The molecule has 5 nitrogen and oxygen atoms in total. The van der Waals surface area contributed by atoms with Gasteiger partial charge in [-0.2, -0.15) is 0 Å². The zero-order valence-corrected chi connectivity index (χ0v) is 13.9. The van der Waals surface area contributed by atoms with Crippen molar-refractivity contribution in [3.63, 3.8) is 0 Å². The molecule has 0 aromatic heterocycles. The van der Waals surface area contributed by atoms with E-state index >= 15 is 0 Å². The Morgan fingerprint density at radius 1 is 1.13 bits per heavy atom. The highest BCUT2D eigenvalue weighted by molar-refractivity contribution is 5.97. The summed E-state index contributed by atoms with van der Waals surface area (Å²) >= 11 is 0. The maximum atomic E-state index is 12.4. The van der Waals surface area contributed by atoms with Crippen LogP contribution in [0.5, 0.6) is 0 Å². The molecule has 5 heteroatoms. The highest BCUT2D eigenvalue weighted by atomic mass is 16.3. The van der Waals surface area contributed by atoms with E-state index in [4.69, 9.17) is 0 Å². The first-order valence-corrected chi connectivity index (χ1v) is 8.13. The normalized spacial score (nSPS) is 21.0. The lowest BCUT2D eigenvalue weighted by molar-refractivity contribution is -0.130. The van der Waals surface area contributed by atoms with Crippen LogP contribution in [-0.2, 0) is 4.79 Å². The van der Waals surface area contributed by atoms with Crippen molar-refractivity contribution >= 4 is 11.7 Å². The van der Waals surface area contributed by atoms with E-state index in [0.717, 1.165) is 6.54 Å². The van der Waals surface area contributed by atoms with Crippen molar-refractivity contribution in [1.82, 2.24) is 9.80 Å². The van der Waals surface area contributed by atoms with Crippen molar-refractivity contribution in [2.75, 3.05) is 40.3 Å². The van der Waals surface area contributed by atoms with Gasteiger partial charge >= 0.3 is 0 Å². The van der Waals surface area contributed by atoms with Gasteiger partial charge < -0.3 is 14.9 Å². The van der Waals surface area contributed by atoms with Gasteiger partial charge in [-0.3, -0.25) is 9.59 Å². The first-order chi connectivity index (χ1) is 11.0. The number of hydrogen-bond donors (Lipinski definition) is 1. The molecule has 0 unspecified atom stereocenters. The molecule has 1 saturated heterocycles. The van der Waals surface area contributed by atoms with Gasteiger partial charge in [-0.25, -0.2) is 0 Å². The van der Waals surface area contributed by atoms with Crippen LogP contribution in [0.4, 0.5) is 0 Å². The summed E-state index contributed by atoms with van der Waals surface area (Å²) in [7, 11) is 3.99. The summed E-state index contributed by atoms with van der Waals surface area (Å²) in [6.45, 7) is 2.22. The van der Waals surface area contributed by atoms with Gasteiger partial charge in [0, 0.05) is 50.6 Å². The summed E-state index contributed by atoms with van der Waals surface area (Å²) in [6.07, 6.45) is 0.474. The third-order valence-corrected chi connectivity index (χ3v) is 4.43. The maximum absolute atomic E-state index is 12.4. The SMILES string of the molecule is CN(C)C[C@@H]1CN(C(=O)CCC(=O)c2ccccc2)C[C@@H]1CO. The second kappa shape index (κ2) is 8.22. The summed E-state index contributed by atoms with van der Waals surface area (Å²) in [5.74, 6) is 0.436. The Bertz CT molecular complexity index is 530. The number of rotatable bonds is 7. The Kier molecular flexibility index (Phi) is 6.30. The molecule has 1 amide bonds. The molecule has 0 radical (unpaired) electrons. The first kappa shape index (κ1) is 17.6. The fraction of sp³-hybridized carbons (Fsp3) is 0.556. The number of aliphatic hydroxyl groups excluding tert-OH is 1. The van der Waals surface area contributed by atoms with Crippen LogP contribution >= 0.6 is 0 Å². The number of ketones is 1. The van der Waals surface area contributed by atoms with E-state index in [1.165, 1.54) is 0 Å². The monoisotopic (exact) mass is 318 g/mol. The Morgan fingerprint density at radius 3 is 2.39 bits per heavy atom. The molecule has 1 aromatic carbocycles. The molecule has 2 rings (SSSR count). The number of nitrogens with zero attached hydrogens (tertiary/aromatic N) is 2. The van der Waals surface area contributed by atoms with Crippen molar-refractivity contribution in [3.8, 4) is 0 Å². The van der Waals surface area contributed by atoms with Crippen LogP contribution in [0, 0.1) is 11.8 Å². The molecule has 23 heavy (non-hydrogen) atoms. The summed E-state index contributed by atoms with van der Waals surface area (Å²) < 4.78 is 0. The van der Waals surface area contributed by atoms with E-state index < -0.39 is 0 Å². The lowest BCUT2D eigenvalue weighted by atomic mass is 9.97. The molecule has 0 saturated carbocycles. The van der Waals surface area contributed by atoms with Crippen molar-refractivity contribution in [1.29, 1.82) is 0 Å². The molecule has 0 aliphatic carbocycles. The highest BCUT2D eigenvalue weighted by Crippen LogP contribution is 2.24. The predicted molar refractivity (Wildman–Crippen MR) is 89.2 cm³/mol. The second-order valence-electron chi connectivity index (χ2n) is 6.55. The summed E-state index contributed by atoms with van der Waals surface area (Å²) in [5, 5.41) is 9.51. The second-order valence-corrected chi connectivity index (χ2v) is 6.55. The number of carbonyl (C=O) groups is 2. The Morgan fingerprint density at radius 2 is 1.78 bits per heavy atom. The van der Waals surface area contributed by atoms with Gasteiger partial charge in [0.05, 0.1) is 0 Å². The van der Waals surface area contributed by atoms with Crippen molar-refractivity contribution in [2.24, 2.45) is 11.8 Å². The minimum atomic E-state index is 0.00157. The smallest absolute Gasteiger partial charge is 0.223 e. The molecule has 0 bridgehead atoms. The molecule has 1 heterocycles. The molecular weight excluding hydrogens is 292 g/mol. The standard InChI is InChI=1S/C18H26N2O3/c1-19(2)10-15-11-20(12-16(15)13-21)18(23)9-8-17(22)14-6-4-3-5-7-14/h3-7,15-16,21H,8-13H2,1-2H3/t15-,16-/m1/s1. The number of Topliss-reactive ketones (excluding diaryl/α,β-unsaturated/α-hetero) is 1. The van der Waals surface area contributed by atoms with Crippen molar-refractivity contribution in [2.45, 2.75) is 12.8 Å². The van der Waals surface area contributed by atoms with E-state index in [9.17, 15) is 14.7 Å². The zero-order chi connectivity index (χ0) is 16.8. The van der Waals surface area contributed by atoms with E-state index in [-0.39, 0.29) is 37.1 Å². The van der Waals surface area contributed by atoms with Crippen molar-refractivity contribution < 1.29 is 14.7 Å². The average molecular weight is 318 g/mol. The molecule has 1 aliphatic heterocycles. The molecule has 1 aromatic rings. The van der Waals surface area contributed by atoms with E-state index in [0.29, 0.717) is 24.6 Å². The number of hydrogen-bond acceptors (Lipinski definition) is 4. The third kappa shape index (κ3) is 4.88. The fourth-order valence-electron chi connectivity index (χ4n) is 3.17. The van der Waals surface area contributed by atoms with Crippen LogP contribution in [0.25, 0.3) is 0 Å². The van der Waals surface area contributed by atoms with Crippen LogP contribution < -0.4 is 0 Å². The van der Waals surface area contributed by atoms with Gasteiger partial charge in [-0.1, -0.05) is 30.3 Å². The minimum Gasteiger partial charge on any atom is -0.396 e. The minimum absolute atomic E-state index is 0.00157.